The summed E-state index contributed by atoms with van der Waals surface area (Å²) in [6.07, 6.45) is 3.74. The summed E-state index contributed by atoms with van der Waals surface area (Å²) < 4.78 is 0. The Morgan fingerprint density at radius 1 is 0.852 bits per heavy atom. The number of phenols is 2. The maximum atomic E-state index is 11.9. The largest absolute Gasteiger partial charge is 0.504 e. The van der Waals surface area contributed by atoms with E-state index in [1.807, 2.05) is 18.2 Å². The van der Waals surface area contributed by atoms with Crippen molar-refractivity contribution in [3.05, 3.63) is 90.0 Å². The normalized spacial score (nSPS) is 10.8. The molecule has 4 nitrogen and oxygen atoms in total. The first-order valence-electron chi connectivity index (χ1n) is 8.74. The Morgan fingerprint density at radius 3 is 2.26 bits per heavy atom. The van der Waals surface area contributed by atoms with Crippen molar-refractivity contribution >= 4 is 12.0 Å². The lowest BCUT2D eigenvalue weighted by Gasteiger charge is -2.05. The van der Waals surface area contributed by atoms with Crippen molar-refractivity contribution in [1.82, 2.24) is 5.32 Å². The van der Waals surface area contributed by atoms with Crippen molar-refractivity contribution < 1.29 is 15.0 Å². The first kappa shape index (κ1) is 18.3. The standard InChI is InChI=1S/C23H21NO3/c25-21-12-8-18(16-22(21)26)9-13-23(27)24-15-14-17-6-10-20(11-7-17)19-4-2-1-3-5-19/h1-13,16,25-26H,14-15H2,(H,24,27)/b13-9+. The van der Waals surface area contributed by atoms with Gasteiger partial charge in [0, 0.05) is 12.6 Å². The van der Waals surface area contributed by atoms with E-state index in [4.69, 9.17) is 0 Å². The number of carbonyl (C=O) groups excluding carboxylic acids is 1. The third kappa shape index (κ3) is 5.22. The zero-order chi connectivity index (χ0) is 19.1. The summed E-state index contributed by atoms with van der Waals surface area (Å²) in [5, 5.41) is 21.6. The van der Waals surface area contributed by atoms with Gasteiger partial charge in [0.2, 0.25) is 5.91 Å². The van der Waals surface area contributed by atoms with Gasteiger partial charge in [-0.25, -0.2) is 0 Å². The van der Waals surface area contributed by atoms with Crippen LogP contribution in [0.1, 0.15) is 11.1 Å². The molecule has 3 aromatic rings. The highest BCUT2D eigenvalue weighted by Crippen LogP contribution is 2.25. The molecule has 0 heterocycles. The summed E-state index contributed by atoms with van der Waals surface area (Å²) >= 11 is 0. The minimum atomic E-state index is -0.212. The van der Waals surface area contributed by atoms with Crippen LogP contribution in [0.4, 0.5) is 0 Å². The van der Waals surface area contributed by atoms with Crippen LogP contribution in [-0.2, 0) is 11.2 Å². The molecule has 0 aliphatic carbocycles. The number of nitrogens with one attached hydrogen (secondary N) is 1. The van der Waals surface area contributed by atoms with Crippen LogP contribution < -0.4 is 5.32 Å². The second-order valence-electron chi connectivity index (χ2n) is 6.19. The van der Waals surface area contributed by atoms with Crippen LogP contribution in [-0.4, -0.2) is 22.7 Å². The van der Waals surface area contributed by atoms with Crippen LogP contribution in [0.3, 0.4) is 0 Å². The number of carbonyl (C=O) groups is 1. The van der Waals surface area contributed by atoms with Crippen LogP contribution in [0.5, 0.6) is 11.5 Å². The average Bonchev–Trinajstić information content (AvgIpc) is 2.70. The molecule has 27 heavy (non-hydrogen) atoms. The topological polar surface area (TPSA) is 69.6 Å². The first-order valence-corrected chi connectivity index (χ1v) is 8.74. The lowest BCUT2D eigenvalue weighted by atomic mass is 10.0. The second-order valence-corrected chi connectivity index (χ2v) is 6.19. The Hall–Kier alpha value is -3.53. The Balaban J connectivity index is 1.48. The van der Waals surface area contributed by atoms with Gasteiger partial charge in [0.05, 0.1) is 0 Å². The average molecular weight is 359 g/mol. The van der Waals surface area contributed by atoms with E-state index in [-0.39, 0.29) is 17.4 Å². The molecule has 0 saturated heterocycles. The van der Waals surface area contributed by atoms with Gasteiger partial charge in [-0.05, 0) is 46.9 Å². The summed E-state index contributed by atoms with van der Waals surface area (Å²) in [4.78, 5) is 11.9. The molecule has 0 unspecified atom stereocenters. The summed E-state index contributed by atoms with van der Waals surface area (Å²) in [6, 6.07) is 22.9. The SMILES string of the molecule is O=C(/C=C/c1ccc(O)c(O)c1)NCCc1ccc(-c2ccccc2)cc1. The van der Waals surface area contributed by atoms with Gasteiger partial charge >= 0.3 is 0 Å². The molecule has 0 aliphatic rings. The zero-order valence-corrected chi connectivity index (χ0v) is 14.8. The minimum absolute atomic E-state index is 0.185. The Kier molecular flexibility index (Phi) is 5.90. The Labute approximate surface area is 158 Å². The molecular formula is C23H21NO3. The van der Waals surface area contributed by atoms with Gasteiger partial charge in [-0.2, -0.15) is 0 Å². The number of hydrogen-bond donors (Lipinski definition) is 3. The predicted molar refractivity (Wildman–Crippen MR) is 107 cm³/mol. The van der Waals surface area contributed by atoms with Crippen LogP contribution >= 0.6 is 0 Å². The third-order valence-electron chi connectivity index (χ3n) is 4.20. The number of phenolic OH excluding ortho intramolecular Hbond substituents is 2. The highest BCUT2D eigenvalue weighted by molar-refractivity contribution is 5.91. The van der Waals surface area contributed by atoms with E-state index in [0.717, 1.165) is 12.0 Å². The van der Waals surface area contributed by atoms with Crippen molar-refractivity contribution in [2.45, 2.75) is 6.42 Å². The van der Waals surface area contributed by atoms with E-state index >= 15 is 0 Å². The second kappa shape index (κ2) is 8.72. The lowest BCUT2D eigenvalue weighted by molar-refractivity contribution is -0.116. The molecule has 0 bridgehead atoms. The molecule has 0 aromatic heterocycles. The highest BCUT2D eigenvalue weighted by atomic mass is 16.3. The first-order chi connectivity index (χ1) is 13.1. The monoisotopic (exact) mass is 359 g/mol. The van der Waals surface area contributed by atoms with Gasteiger partial charge in [0.25, 0.3) is 0 Å². The van der Waals surface area contributed by atoms with Gasteiger partial charge in [-0.3, -0.25) is 4.79 Å². The number of aromatic hydroxyl groups is 2. The number of rotatable bonds is 6. The van der Waals surface area contributed by atoms with Gasteiger partial charge in [0.15, 0.2) is 11.5 Å². The number of amides is 1. The molecule has 0 fully saturated rings. The number of hydrogen-bond acceptors (Lipinski definition) is 3. The van der Waals surface area contributed by atoms with Gasteiger partial charge < -0.3 is 15.5 Å². The maximum absolute atomic E-state index is 11.9. The fraction of sp³-hybridized carbons (Fsp3) is 0.0870. The molecule has 3 rings (SSSR count). The van der Waals surface area contributed by atoms with Crippen LogP contribution in [0.25, 0.3) is 17.2 Å². The van der Waals surface area contributed by atoms with Gasteiger partial charge in [0.1, 0.15) is 0 Å². The maximum Gasteiger partial charge on any atom is 0.244 e. The molecule has 1 amide bonds. The molecule has 0 saturated carbocycles. The summed E-state index contributed by atoms with van der Waals surface area (Å²) in [7, 11) is 0. The van der Waals surface area contributed by atoms with E-state index in [1.54, 1.807) is 12.1 Å². The fourth-order valence-electron chi connectivity index (χ4n) is 2.70. The van der Waals surface area contributed by atoms with Crippen molar-refractivity contribution in [1.29, 1.82) is 0 Å². The fourth-order valence-corrected chi connectivity index (χ4v) is 2.70. The molecule has 0 radical (unpaired) electrons. The van der Waals surface area contributed by atoms with Gasteiger partial charge in [-0.15, -0.1) is 0 Å². The molecular weight excluding hydrogens is 338 g/mol. The predicted octanol–water partition coefficient (Wildman–Crippen LogP) is 4.14. The van der Waals surface area contributed by atoms with Crippen LogP contribution in [0, 0.1) is 0 Å². The van der Waals surface area contributed by atoms with Crippen LogP contribution in [0.15, 0.2) is 78.9 Å². The third-order valence-corrected chi connectivity index (χ3v) is 4.20. The lowest BCUT2D eigenvalue weighted by Crippen LogP contribution is -2.23. The van der Waals surface area contributed by atoms with E-state index < -0.39 is 0 Å². The van der Waals surface area contributed by atoms with Crippen molar-refractivity contribution in [2.24, 2.45) is 0 Å². The van der Waals surface area contributed by atoms with E-state index in [0.29, 0.717) is 12.1 Å². The summed E-state index contributed by atoms with van der Waals surface area (Å²) in [6.45, 7) is 0.536. The molecule has 3 aromatic carbocycles. The van der Waals surface area contributed by atoms with E-state index in [2.05, 4.69) is 41.7 Å². The molecule has 136 valence electrons. The molecule has 4 heteroatoms. The van der Waals surface area contributed by atoms with E-state index in [9.17, 15) is 15.0 Å². The van der Waals surface area contributed by atoms with Crippen molar-refractivity contribution in [3.8, 4) is 22.6 Å². The van der Waals surface area contributed by atoms with Gasteiger partial charge in [-0.1, -0.05) is 60.7 Å². The summed E-state index contributed by atoms with van der Waals surface area (Å²) in [5.41, 5.74) is 4.14. The summed E-state index contributed by atoms with van der Waals surface area (Å²) in [5.74, 6) is -0.602. The minimum Gasteiger partial charge on any atom is -0.504 e. The highest BCUT2D eigenvalue weighted by Gasteiger charge is 2.01. The van der Waals surface area contributed by atoms with Crippen LogP contribution in [0.2, 0.25) is 0 Å². The molecule has 3 N–H and O–H groups in total. The van der Waals surface area contributed by atoms with Crippen molar-refractivity contribution in [2.75, 3.05) is 6.54 Å². The zero-order valence-electron chi connectivity index (χ0n) is 14.8. The Morgan fingerprint density at radius 2 is 1.56 bits per heavy atom. The molecule has 0 atom stereocenters. The quantitative estimate of drug-likeness (QED) is 0.458. The smallest absolute Gasteiger partial charge is 0.244 e. The molecule has 0 aliphatic heterocycles. The van der Waals surface area contributed by atoms with E-state index in [1.165, 1.54) is 29.3 Å². The molecule has 0 spiro atoms. The number of benzene rings is 3. The Bertz CT molecular complexity index is 932. The van der Waals surface area contributed by atoms with Crippen molar-refractivity contribution in [3.63, 3.8) is 0 Å².